The van der Waals surface area contributed by atoms with Crippen molar-refractivity contribution < 1.29 is 9.84 Å². The molecule has 2 nitrogen and oxygen atoms in total. The van der Waals surface area contributed by atoms with Gasteiger partial charge in [0.1, 0.15) is 0 Å². The van der Waals surface area contributed by atoms with Crippen molar-refractivity contribution in [2.45, 2.75) is 70.7 Å². The Bertz CT molecular complexity index is 532. The summed E-state index contributed by atoms with van der Waals surface area (Å²) in [6, 6.07) is 0. The monoisotopic (exact) mass is 302 g/mol. The zero-order chi connectivity index (χ0) is 15.9. The van der Waals surface area contributed by atoms with Crippen molar-refractivity contribution >= 4 is 0 Å². The van der Waals surface area contributed by atoms with Crippen LogP contribution in [0.3, 0.4) is 0 Å². The Hall–Kier alpha value is -0.600. The maximum Gasteiger partial charge on any atom is 0.0850 e. The lowest BCUT2D eigenvalue weighted by Gasteiger charge is -2.65. The van der Waals surface area contributed by atoms with Crippen LogP contribution < -0.4 is 0 Å². The van der Waals surface area contributed by atoms with Gasteiger partial charge in [0.25, 0.3) is 0 Å². The zero-order valence-electron chi connectivity index (χ0n) is 14.3. The number of aliphatic hydroxyl groups is 1. The van der Waals surface area contributed by atoms with Gasteiger partial charge in [-0.05, 0) is 55.4 Å². The molecule has 7 atom stereocenters. The van der Waals surface area contributed by atoms with Crippen molar-refractivity contribution in [1.29, 1.82) is 0 Å². The fourth-order valence-corrected chi connectivity index (χ4v) is 6.72. The molecule has 5 rings (SSSR count). The van der Waals surface area contributed by atoms with Gasteiger partial charge in [-0.25, -0.2) is 0 Å². The minimum absolute atomic E-state index is 0.161. The van der Waals surface area contributed by atoms with Gasteiger partial charge in [0, 0.05) is 11.3 Å². The molecule has 5 aliphatic rings. The molecule has 1 N–H and O–H groups in total. The molecule has 3 aliphatic carbocycles. The number of hydrogen-bond acceptors (Lipinski definition) is 2. The zero-order valence-corrected chi connectivity index (χ0v) is 14.3. The van der Waals surface area contributed by atoms with E-state index >= 15 is 0 Å². The third kappa shape index (κ3) is 1.58. The lowest BCUT2D eigenvalue weighted by atomic mass is 9.45. The first-order valence-corrected chi connectivity index (χ1v) is 8.94. The smallest absolute Gasteiger partial charge is 0.0850 e. The van der Waals surface area contributed by atoms with Gasteiger partial charge in [-0.3, -0.25) is 0 Å². The van der Waals surface area contributed by atoms with Gasteiger partial charge in [-0.1, -0.05) is 32.9 Å². The van der Waals surface area contributed by atoms with E-state index in [4.69, 9.17) is 4.74 Å². The van der Waals surface area contributed by atoms with Crippen molar-refractivity contribution in [3.8, 4) is 0 Å². The van der Waals surface area contributed by atoms with Crippen molar-refractivity contribution in [2.75, 3.05) is 0 Å². The van der Waals surface area contributed by atoms with E-state index in [0.717, 1.165) is 12.8 Å². The Morgan fingerprint density at radius 1 is 1.32 bits per heavy atom. The van der Waals surface area contributed by atoms with E-state index < -0.39 is 5.60 Å². The van der Waals surface area contributed by atoms with Crippen LogP contribution in [0.4, 0.5) is 0 Å². The SMILES string of the molecule is C=C[C@@](C)(O)[C@H]1C[C@H]2C(=C)[C@@H]3C[C@H]4C(C)(C)CCC[C@]24[C@H]1O3. The highest BCUT2D eigenvalue weighted by atomic mass is 16.5. The standard InChI is InChI=1S/C20H30O2/c1-6-19(5,21)14-10-13-12(2)15-11-16-18(3,4)8-7-9-20(13,16)17(14)22-15/h6,13-17,21H,1-2,7-11H2,3-5H3/t13-,14-,15-,16-,17-,19+,20-/m0/s1. The lowest BCUT2D eigenvalue weighted by Crippen LogP contribution is -2.63. The summed E-state index contributed by atoms with van der Waals surface area (Å²) in [5.41, 5.74) is 1.07. The first-order chi connectivity index (χ1) is 10.2. The molecule has 122 valence electrons. The van der Waals surface area contributed by atoms with E-state index in [-0.39, 0.29) is 23.5 Å². The molecule has 0 radical (unpaired) electrons. The summed E-state index contributed by atoms with van der Waals surface area (Å²) in [6.45, 7) is 15.1. The largest absolute Gasteiger partial charge is 0.386 e. The Kier molecular flexibility index (Phi) is 2.90. The highest BCUT2D eigenvalue weighted by Gasteiger charge is 2.71. The molecule has 22 heavy (non-hydrogen) atoms. The average Bonchev–Trinajstić information content (AvgIpc) is 2.72. The minimum atomic E-state index is -0.842. The molecule has 5 fully saturated rings. The van der Waals surface area contributed by atoms with Crippen molar-refractivity contribution in [3.05, 3.63) is 24.8 Å². The van der Waals surface area contributed by atoms with Crippen molar-refractivity contribution in [1.82, 2.24) is 0 Å². The van der Waals surface area contributed by atoms with E-state index in [1.807, 2.05) is 6.92 Å². The van der Waals surface area contributed by atoms with Gasteiger partial charge >= 0.3 is 0 Å². The molecule has 2 heteroatoms. The molecule has 0 aromatic carbocycles. The third-order valence-electron chi connectivity index (χ3n) is 7.84. The van der Waals surface area contributed by atoms with Gasteiger partial charge in [0.2, 0.25) is 0 Å². The highest BCUT2D eigenvalue weighted by molar-refractivity contribution is 5.31. The van der Waals surface area contributed by atoms with Gasteiger partial charge in [-0.2, -0.15) is 0 Å². The van der Waals surface area contributed by atoms with Crippen LogP contribution in [0.25, 0.3) is 0 Å². The molecule has 0 aromatic heterocycles. The number of hydrogen-bond donors (Lipinski definition) is 1. The summed E-state index contributed by atoms with van der Waals surface area (Å²) in [4.78, 5) is 0. The topological polar surface area (TPSA) is 29.5 Å². The average molecular weight is 302 g/mol. The minimum Gasteiger partial charge on any atom is -0.386 e. The maximum absolute atomic E-state index is 10.9. The highest BCUT2D eigenvalue weighted by Crippen LogP contribution is 2.72. The summed E-state index contributed by atoms with van der Waals surface area (Å²) in [6.07, 6.45) is 8.11. The summed E-state index contributed by atoms with van der Waals surface area (Å²) < 4.78 is 6.54. The van der Waals surface area contributed by atoms with Crippen molar-refractivity contribution in [2.24, 2.45) is 28.6 Å². The summed E-state index contributed by atoms with van der Waals surface area (Å²) in [5, 5.41) is 10.9. The quantitative estimate of drug-likeness (QED) is 0.778. The Labute approximate surface area is 134 Å². The van der Waals surface area contributed by atoms with E-state index in [1.54, 1.807) is 6.08 Å². The second-order valence-electron chi connectivity index (χ2n) is 9.19. The molecule has 4 bridgehead atoms. The van der Waals surface area contributed by atoms with Gasteiger partial charge in [0.15, 0.2) is 0 Å². The van der Waals surface area contributed by atoms with Crippen LogP contribution in [-0.4, -0.2) is 22.9 Å². The molecule has 0 unspecified atom stereocenters. The predicted molar refractivity (Wildman–Crippen MR) is 88.4 cm³/mol. The van der Waals surface area contributed by atoms with Crippen LogP contribution in [0.2, 0.25) is 0 Å². The molecule has 0 aromatic rings. The number of ether oxygens (including phenoxy) is 1. The molecule has 3 saturated carbocycles. The van der Waals surface area contributed by atoms with Crippen LogP contribution in [-0.2, 0) is 4.74 Å². The first-order valence-electron chi connectivity index (χ1n) is 8.94. The maximum atomic E-state index is 10.9. The normalized spacial score (nSPS) is 51.3. The number of rotatable bonds is 2. The van der Waals surface area contributed by atoms with Crippen LogP contribution in [0.5, 0.6) is 0 Å². The second-order valence-corrected chi connectivity index (χ2v) is 9.19. The fraction of sp³-hybridized carbons (Fsp3) is 0.800. The molecule has 2 saturated heterocycles. The van der Waals surface area contributed by atoms with Gasteiger partial charge in [0.05, 0.1) is 17.8 Å². The van der Waals surface area contributed by atoms with Crippen LogP contribution >= 0.6 is 0 Å². The Balaban J connectivity index is 1.83. The lowest BCUT2D eigenvalue weighted by molar-refractivity contribution is -0.235. The van der Waals surface area contributed by atoms with Gasteiger partial charge < -0.3 is 9.84 Å². The molecule has 0 amide bonds. The first kappa shape index (κ1) is 15.0. The second kappa shape index (κ2) is 4.27. The molecular weight excluding hydrogens is 272 g/mol. The molecule has 2 heterocycles. The van der Waals surface area contributed by atoms with Crippen LogP contribution in [0, 0.1) is 28.6 Å². The molecule has 1 spiro atoms. The summed E-state index contributed by atoms with van der Waals surface area (Å²) >= 11 is 0. The van der Waals surface area contributed by atoms with Gasteiger partial charge in [-0.15, -0.1) is 6.58 Å². The van der Waals surface area contributed by atoms with E-state index in [2.05, 4.69) is 27.0 Å². The third-order valence-corrected chi connectivity index (χ3v) is 7.84. The fourth-order valence-electron chi connectivity index (χ4n) is 6.72. The Morgan fingerprint density at radius 2 is 2.05 bits per heavy atom. The van der Waals surface area contributed by atoms with Crippen LogP contribution in [0.15, 0.2) is 24.8 Å². The summed E-state index contributed by atoms with van der Waals surface area (Å²) in [5.74, 6) is 1.40. The predicted octanol–water partition coefficient (Wildman–Crippen LogP) is 4.10. The summed E-state index contributed by atoms with van der Waals surface area (Å²) in [7, 11) is 0. The van der Waals surface area contributed by atoms with E-state index in [9.17, 15) is 5.11 Å². The molecule has 2 aliphatic heterocycles. The van der Waals surface area contributed by atoms with E-state index in [0.29, 0.717) is 17.3 Å². The Morgan fingerprint density at radius 3 is 2.73 bits per heavy atom. The van der Waals surface area contributed by atoms with Crippen molar-refractivity contribution in [3.63, 3.8) is 0 Å². The van der Waals surface area contributed by atoms with Crippen LogP contribution in [0.1, 0.15) is 52.9 Å². The van der Waals surface area contributed by atoms with E-state index in [1.165, 1.54) is 24.8 Å². The molecular formula is C20H30O2.